The summed E-state index contributed by atoms with van der Waals surface area (Å²) >= 11 is 0. The van der Waals surface area contributed by atoms with Crippen LogP contribution in [0.25, 0.3) is 0 Å². The molecule has 0 unspecified atom stereocenters. The van der Waals surface area contributed by atoms with Gasteiger partial charge in [0, 0.05) is 23.6 Å². The molecular weight excluding hydrogens is 380 g/mol. The average Bonchev–Trinajstić information content (AvgIpc) is 2.68. The van der Waals surface area contributed by atoms with E-state index in [1.54, 1.807) is 12.1 Å². The van der Waals surface area contributed by atoms with Crippen molar-refractivity contribution in [1.29, 1.82) is 0 Å². The lowest BCUT2D eigenvalue weighted by Crippen LogP contribution is -2.46. The van der Waals surface area contributed by atoms with Crippen LogP contribution in [-0.2, 0) is 19.3 Å². The normalized spacial score (nSPS) is 21.6. The zero-order chi connectivity index (χ0) is 21.6. The van der Waals surface area contributed by atoms with Gasteiger partial charge in [-0.25, -0.2) is 0 Å². The minimum atomic E-state index is -0.789. The van der Waals surface area contributed by atoms with Crippen LogP contribution in [0.5, 0.6) is 23.0 Å². The summed E-state index contributed by atoms with van der Waals surface area (Å²) < 4.78 is 12.4. The summed E-state index contributed by atoms with van der Waals surface area (Å²) in [6.07, 6.45) is 3.72. The van der Waals surface area contributed by atoms with Gasteiger partial charge in [0.25, 0.3) is 0 Å². The Balaban J connectivity index is 1.81. The molecule has 2 aromatic rings. The monoisotopic (exact) mass is 410 g/mol. The number of benzene rings is 2. The van der Waals surface area contributed by atoms with Gasteiger partial charge in [-0.3, -0.25) is 0 Å². The van der Waals surface area contributed by atoms with Crippen LogP contribution in [0.1, 0.15) is 62.5 Å². The molecule has 5 heteroatoms. The summed E-state index contributed by atoms with van der Waals surface area (Å²) in [7, 11) is 0. The molecule has 2 aliphatic rings. The minimum absolute atomic E-state index is 0.139. The van der Waals surface area contributed by atoms with Crippen molar-refractivity contribution in [1.82, 2.24) is 0 Å². The van der Waals surface area contributed by atoms with Gasteiger partial charge in [-0.1, -0.05) is 17.7 Å². The SMILES string of the molecule is CC(C)=CCc1cc([C@@H]2CCc3ccc(O)cc3O2)c2c(c1O)OC(C)(C)[C@@H](O)C2. The Hall–Kier alpha value is -2.66. The molecule has 0 bridgehead atoms. The number of aliphatic hydroxyl groups is 1. The van der Waals surface area contributed by atoms with Crippen molar-refractivity contribution in [2.24, 2.45) is 0 Å². The molecule has 2 atom stereocenters. The smallest absolute Gasteiger partial charge is 0.165 e. The van der Waals surface area contributed by atoms with Crippen molar-refractivity contribution < 1.29 is 24.8 Å². The summed E-state index contributed by atoms with van der Waals surface area (Å²) in [6.45, 7) is 7.72. The first kappa shape index (κ1) is 20.6. The number of hydrogen-bond donors (Lipinski definition) is 3. The second-order valence-corrected chi connectivity index (χ2v) is 9.13. The van der Waals surface area contributed by atoms with E-state index in [2.05, 4.69) is 6.08 Å². The molecule has 2 aliphatic heterocycles. The third-order valence-corrected chi connectivity index (χ3v) is 6.11. The fourth-order valence-electron chi connectivity index (χ4n) is 4.19. The van der Waals surface area contributed by atoms with E-state index in [1.165, 1.54) is 5.57 Å². The van der Waals surface area contributed by atoms with Crippen LogP contribution in [0.2, 0.25) is 0 Å². The second kappa shape index (κ2) is 7.55. The maximum atomic E-state index is 11.0. The molecule has 0 saturated heterocycles. The average molecular weight is 411 g/mol. The number of phenolic OH excluding ortho intramolecular Hbond substituents is 2. The van der Waals surface area contributed by atoms with Crippen LogP contribution in [-0.4, -0.2) is 27.0 Å². The van der Waals surface area contributed by atoms with E-state index in [-0.39, 0.29) is 17.6 Å². The topological polar surface area (TPSA) is 79.2 Å². The quantitative estimate of drug-likeness (QED) is 0.637. The molecule has 2 aromatic carbocycles. The van der Waals surface area contributed by atoms with E-state index in [1.807, 2.05) is 39.8 Å². The Morgan fingerprint density at radius 1 is 1.20 bits per heavy atom. The fraction of sp³-hybridized carbons (Fsp3) is 0.440. The summed E-state index contributed by atoms with van der Waals surface area (Å²) in [5.74, 6) is 1.44. The van der Waals surface area contributed by atoms with Crippen LogP contribution < -0.4 is 9.47 Å². The molecule has 0 fully saturated rings. The van der Waals surface area contributed by atoms with Gasteiger partial charge in [-0.05, 0) is 70.2 Å². The lowest BCUT2D eigenvalue weighted by molar-refractivity contribution is -0.0433. The zero-order valence-electron chi connectivity index (χ0n) is 18.0. The van der Waals surface area contributed by atoms with Crippen molar-refractivity contribution in [3.8, 4) is 23.0 Å². The van der Waals surface area contributed by atoms with Gasteiger partial charge in [-0.15, -0.1) is 0 Å². The molecule has 2 heterocycles. The van der Waals surface area contributed by atoms with E-state index in [4.69, 9.17) is 9.47 Å². The van der Waals surface area contributed by atoms with Crippen LogP contribution >= 0.6 is 0 Å². The van der Waals surface area contributed by atoms with Crippen LogP contribution in [0.4, 0.5) is 0 Å². The lowest BCUT2D eigenvalue weighted by Gasteiger charge is -2.39. The maximum Gasteiger partial charge on any atom is 0.165 e. The molecule has 0 radical (unpaired) electrons. The Labute approximate surface area is 177 Å². The van der Waals surface area contributed by atoms with Gasteiger partial charge in [0.05, 0.1) is 6.10 Å². The minimum Gasteiger partial charge on any atom is -0.508 e. The molecular formula is C25H30O5. The highest BCUT2D eigenvalue weighted by atomic mass is 16.5. The molecule has 4 rings (SSSR count). The van der Waals surface area contributed by atoms with E-state index >= 15 is 0 Å². The van der Waals surface area contributed by atoms with Gasteiger partial charge in [-0.2, -0.15) is 0 Å². The van der Waals surface area contributed by atoms with Gasteiger partial charge in [0.2, 0.25) is 0 Å². The van der Waals surface area contributed by atoms with Crippen LogP contribution in [0.3, 0.4) is 0 Å². The molecule has 0 spiro atoms. The van der Waals surface area contributed by atoms with E-state index in [0.29, 0.717) is 24.3 Å². The van der Waals surface area contributed by atoms with Gasteiger partial charge < -0.3 is 24.8 Å². The van der Waals surface area contributed by atoms with E-state index in [9.17, 15) is 15.3 Å². The third-order valence-electron chi connectivity index (χ3n) is 6.11. The van der Waals surface area contributed by atoms with Crippen molar-refractivity contribution in [2.75, 3.05) is 0 Å². The highest BCUT2D eigenvalue weighted by Gasteiger charge is 2.40. The number of aromatic hydroxyl groups is 2. The van der Waals surface area contributed by atoms with Gasteiger partial charge >= 0.3 is 0 Å². The number of rotatable bonds is 3. The Kier molecular flexibility index (Phi) is 5.18. The predicted molar refractivity (Wildman–Crippen MR) is 115 cm³/mol. The predicted octanol–water partition coefficient (Wildman–Crippen LogP) is 4.75. The fourth-order valence-corrected chi connectivity index (χ4v) is 4.19. The summed E-state index contributed by atoms with van der Waals surface area (Å²) in [4.78, 5) is 0. The Morgan fingerprint density at radius 2 is 1.97 bits per heavy atom. The molecule has 5 nitrogen and oxygen atoms in total. The maximum absolute atomic E-state index is 11.0. The number of phenols is 2. The number of ether oxygens (including phenoxy) is 2. The van der Waals surface area contributed by atoms with Crippen LogP contribution in [0, 0.1) is 0 Å². The zero-order valence-corrected chi connectivity index (χ0v) is 18.0. The second-order valence-electron chi connectivity index (χ2n) is 9.13. The third kappa shape index (κ3) is 3.74. The highest BCUT2D eigenvalue weighted by molar-refractivity contribution is 5.58. The van der Waals surface area contributed by atoms with Crippen molar-refractivity contribution in [3.63, 3.8) is 0 Å². The largest absolute Gasteiger partial charge is 0.508 e. The first-order valence-electron chi connectivity index (χ1n) is 10.5. The summed E-state index contributed by atoms with van der Waals surface area (Å²) in [5.41, 5.74) is 3.96. The summed E-state index contributed by atoms with van der Waals surface area (Å²) in [6, 6.07) is 7.20. The number of allylic oxidation sites excluding steroid dienone is 2. The molecule has 0 amide bonds. The number of hydrogen-bond acceptors (Lipinski definition) is 5. The Morgan fingerprint density at radius 3 is 2.70 bits per heavy atom. The standard InChI is InChI=1S/C25H30O5/c1-14(2)5-6-16-11-18(19-13-22(27)25(3,4)30-24(19)23(16)28)20-10-8-15-7-9-17(26)12-21(15)29-20/h5,7,9,11-12,20,22,26-28H,6,8,10,13H2,1-4H3/t20-,22-/m0/s1. The molecule has 0 aromatic heterocycles. The molecule has 30 heavy (non-hydrogen) atoms. The summed E-state index contributed by atoms with van der Waals surface area (Å²) in [5, 5.41) is 31.5. The lowest BCUT2D eigenvalue weighted by atomic mass is 9.84. The van der Waals surface area contributed by atoms with Gasteiger partial charge in [0.15, 0.2) is 11.5 Å². The van der Waals surface area contributed by atoms with E-state index < -0.39 is 11.7 Å². The first-order chi connectivity index (χ1) is 14.2. The van der Waals surface area contributed by atoms with Crippen molar-refractivity contribution in [3.05, 3.63) is 58.2 Å². The first-order valence-corrected chi connectivity index (χ1v) is 10.5. The molecule has 0 saturated carbocycles. The van der Waals surface area contributed by atoms with Crippen molar-refractivity contribution in [2.45, 2.75) is 71.2 Å². The number of aliphatic hydroxyl groups excluding tert-OH is 1. The molecule has 3 N–H and O–H groups in total. The highest BCUT2D eigenvalue weighted by Crippen LogP contribution is 2.48. The van der Waals surface area contributed by atoms with E-state index in [0.717, 1.165) is 35.1 Å². The number of aryl methyl sites for hydroxylation is 1. The number of fused-ring (bicyclic) bond motifs is 2. The molecule has 160 valence electrons. The van der Waals surface area contributed by atoms with Gasteiger partial charge in [0.1, 0.15) is 23.2 Å². The van der Waals surface area contributed by atoms with Crippen LogP contribution in [0.15, 0.2) is 35.9 Å². The molecule has 0 aliphatic carbocycles. The van der Waals surface area contributed by atoms with Crippen molar-refractivity contribution >= 4 is 0 Å². The Bertz CT molecular complexity index is 1000.